The SMILES string of the molecule is O=C(COc1ccc(Cl)cc1Br)NN=Cc1cc(O)ccc1[N+](=O)[O-]. The standard InChI is InChI=1S/C15H11BrClN3O5/c16-12-6-10(17)1-4-14(12)25-8-15(22)19-18-7-9-5-11(21)2-3-13(9)20(23)24/h1-7,21H,8H2,(H,19,22). The van der Waals surface area contributed by atoms with Crippen molar-refractivity contribution in [2.24, 2.45) is 5.10 Å². The molecule has 0 aliphatic carbocycles. The molecule has 2 rings (SSSR count). The predicted molar refractivity (Wildman–Crippen MR) is 95.1 cm³/mol. The van der Waals surface area contributed by atoms with Crippen molar-refractivity contribution >= 4 is 45.3 Å². The van der Waals surface area contributed by atoms with E-state index in [1.54, 1.807) is 18.2 Å². The number of nitrogens with zero attached hydrogens (tertiary/aromatic N) is 2. The number of nitro benzene ring substituents is 1. The molecule has 0 aromatic heterocycles. The third-order valence-corrected chi connectivity index (χ3v) is 3.71. The Hall–Kier alpha value is -2.65. The highest BCUT2D eigenvalue weighted by Crippen LogP contribution is 2.27. The van der Waals surface area contributed by atoms with Crippen molar-refractivity contribution < 1.29 is 19.6 Å². The fourth-order valence-corrected chi connectivity index (χ4v) is 2.55. The maximum atomic E-state index is 11.7. The van der Waals surface area contributed by atoms with Gasteiger partial charge in [-0.15, -0.1) is 0 Å². The lowest BCUT2D eigenvalue weighted by atomic mass is 10.2. The molecule has 0 radical (unpaired) electrons. The highest BCUT2D eigenvalue weighted by Gasteiger charge is 2.12. The zero-order valence-corrected chi connectivity index (χ0v) is 14.8. The first-order chi connectivity index (χ1) is 11.9. The lowest BCUT2D eigenvalue weighted by molar-refractivity contribution is -0.385. The zero-order chi connectivity index (χ0) is 18.4. The van der Waals surface area contributed by atoms with Gasteiger partial charge in [0, 0.05) is 11.1 Å². The van der Waals surface area contributed by atoms with Crippen molar-refractivity contribution in [2.75, 3.05) is 6.61 Å². The molecule has 8 nitrogen and oxygen atoms in total. The summed E-state index contributed by atoms with van der Waals surface area (Å²) in [4.78, 5) is 22.0. The topological polar surface area (TPSA) is 114 Å². The molecule has 0 aliphatic heterocycles. The van der Waals surface area contributed by atoms with Gasteiger partial charge in [-0.05, 0) is 46.3 Å². The molecule has 2 aromatic rings. The van der Waals surface area contributed by atoms with Crippen LogP contribution < -0.4 is 10.2 Å². The number of halogens is 2. The summed E-state index contributed by atoms with van der Waals surface area (Å²) in [6, 6.07) is 8.31. The number of nitrogens with one attached hydrogen (secondary N) is 1. The lowest BCUT2D eigenvalue weighted by Crippen LogP contribution is -2.24. The number of ether oxygens (including phenoxy) is 1. The first kappa shape index (κ1) is 18.7. The first-order valence-electron chi connectivity index (χ1n) is 6.74. The number of carbonyl (C=O) groups excluding carboxylic acids is 1. The van der Waals surface area contributed by atoms with Crippen molar-refractivity contribution in [3.63, 3.8) is 0 Å². The maximum Gasteiger partial charge on any atom is 0.278 e. The Bertz CT molecular complexity index is 844. The largest absolute Gasteiger partial charge is 0.508 e. The molecule has 0 fully saturated rings. The number of hydrogen-bond donors (Lipinski definition) is 2. The van der Waals surface area contributed by atoms with Crippen LogP contribution in [-0.2, 0) is 4.79 Å². The average Bonchev–Trinajstić information content (AvgIpc) is 2.54. The van der Waals surface area contributed by atoms with E-state index in [0.717, 1.165) is 18.3 Å². The molecule has 0 atom stereocenters. The van der Waals surface area contributed by atoms with Crippen LogP contribution in [0.5, 0.6) is 11.5 Å². The van der Waals surface area contributed by atoms with Crippen molar-refractivity contribution in [1.29, 1.82) is 0 Å². The number of hydrazone groups is 1. The van der Waals surface area contributed by atoms with Gasteiger partial charge in [0.25, 0.3) is 11.6 Å². The summed E-state index contributed by atoms with van der Waals surface area (Å²) in [7, 11) is 0. The number of carbonyl (C=O) groups is 1. The normalized spacial score (nSPS) is 10.6. The molecule has 130 valence electrons. The third kappa shape index (κ3) is 5.44. The van der Waals surface area contributed by atoms with Gasteiger partial charge in [0.15, 0.2) is 6.61 Å². The second-order valence-corrected chi connectivity index (χ2v) is 5.95. The van der Waals surface area contributed by atoms with Gasteiger partial charge in [-0.3, -0.25) is 14.9 Å². The number of hydrogen-bond acceptors (Lipinski definition) is 6. The number of nitro groups is 1. The number of rotatable bonds is 6. The Balaban J connectivity index is 1.95. The quantitative estimate of drug-likeness (QED) is 0.416. The maximum absolute atomic E-state index is 11.7. The molecule has 10 heteroatoms. The van der Waals surface area contributed by atoms with Crippen LogP contribution in [0.1, 0.15) is 5.56 Å². The molecule has 0 aliphatic rings. The van der Waals surface area contributed by atoms with Crippen LogP contribution in [0, 0.1) is 10.1 Å². The van der Waals surface area contributed by atoms with Gasteiger partial charge in [0.1, 0.15) is 11.5 Å². The van der Waals surface area contributed by atoms with Crippen LogP contribution in [-0.4, -0.2) is 28.8 Å². The van der Waals surface area contributed by atoms with Crippen LogP contribution in [0.3, 0.4) is 0 Å². The van der Waals surface area contributed by atoms with E-state index in [2.05, 4.69) is 26.5 Å². The van der Waals surface area contributed by atoms with E-state index < -0.39 is 10.8 Å². The molecule has 0 saturated heterocycles. The fourth-order valence-electron chi connectivity index (χ4n) is 1.75. The molecule has 0 saturated carbocycles. The van der Waals surface area contributed by atoms with Crippen molar-refractivity contribution in [3.8, 4) is 11.5 Å². The second-order valence-electron chi connectivity index (χ2n) is 4.66. The van der Waals surface area contributed by atoms with Gasteiger partial charge in [-0.25, -0.2) is 5.43 Å². The van der Waals surface area contributed by atoms with Gasteiger partial charge in [0.2, 0.25) is 0 Å². The van der Waals surface area contributed by atoms with E-state index in [1.165, 1.54) is 6.07 Å². The molecule has 0 bridgehead atoms. The molecular weight excluding hydrogens is 418 g/mol. The summed E-state index contributed by atoms with van der Waals surface area (Å²) < 4.78 is 5.89. The molecule has 0 unspecified atom stereocenters. The Labute approximate surface area is 155 Å². The molecule has 0 spiro atoms. The number of phenols is 1. The minimum atomic E-state index is -0.621. The summed E-state index contributed by atoms with van der Waals surface area (Å²) in [5.41, 5.74) is 1.97. The van der Waals surface area contributed by atoms with Gasteiger partial charge >= 0.3 is 0 Å². The van der Waals surface area contributed by atoms with Gasteiger partial charge in [-0.2, -0.15) is 5.10 Å². The molecule has 2 aromatic carbocycles. The number of amides is 1. The van der Waals surface area contributed by atoms with Gasteiger partial charge in [-0.1, -0.05) is 11.6 Å². The second kappa shape index (κ2) is 8.45. The summed E-state index contributed by atoms with van der Waals surface area (Å²) in [5.74, 6) is -0.303. The summed E-state index contributed by atoms with van der Waals surface area (Å²) in [5, 5.41) is 24.4. The van der Waals surface area contributed by atoms with Crippen LogP contribution in [0.2, 0.25) is 5.02 Å². The Morgan fingerprint density at radius 3 is 2.84 bits per heavy atom. The van der Waals surface area contributed by atoms with Crippen molar-refractivity contribution in [1.82, 2.24) is 5.43 Å². The van der Waals surface area contributed by atoms with Crippen molar-refractivity contribution in [3.05, 3.63) is 61.6 Å². The smallest absolute Gasteiger partial charge is 0.278 e. The molecule has 0 heterocycles. The number of phenolic OH excluding ortho intramolecular Hbond substituents is 1. The summed E-state index contributed by atoms with van der Waals surface area (Å²) in [6.45, 7) is -0.320. The van der Waals surface area contributed by atoms with Gasteiger partial charge < -0.3 is 9.84 Å². The van der Waals surface area contributed by atoms with Crippen LogP contribution in [0.4, 0.5) is 5.69 Å². The zero-order valence-electron chi connectivity index (χ0n) is 12.5. The Morgan fingerprint density at radius 1 is 1.40 bits per heavy atom. The van der Waals surface area contributed by atoms with E-state index in [0.29, 0.717) is 15.2 Å². The number of benzene rings is 2. The van der Waals surface area contributed by atoms with E-state index in [-0.39, 0.29) is 23.6 Å². The predicted octanol–water partition coefficient (Wildman–Crippen LogP) is 3.25. The highest BCUT2D eigenvalue weighted by atomic mass is 79.9. The lowest BCUT2D eigenvalue weighted by Gasteiger charge is -2.07. The van der Waals surface area contributed by atoms with E-state index in [9.17, 15) is 20.0 Å². The van der Waals surface area contributed by atoms with E-state index >= 15 is 0 Å². The molecule has 1 amide bonds. The monoisotopic (exact) mass is 427 g/mol. The fraction of sp³-hybridized carbons (Fsp3) is 0.0667. The molecule has 2 N–H and O–H groups in total. The van der Waals surface area contributed by atoms with Crippen molar-refractivity contribution in [2.45, 2.75) is 0 Å². The summed E-state index contributed by atoms with van der Waals surface area (Å²) >= 11 is 9.05. The third-order valence-electron chi connectivity index (χ3n) is 2.85. The number of aromatic hydroxyl groups is 1. The van der Waals surface area contributed by atoms with Gasteiger partial charge in [0.05, 0.1) is 21.2 Å². The van der Waals surface area contributed by atoms with E-state index in [1.807, 2.05) is 0 Å². The first-order valence-corrected chi connectivity index (χ1v) is 7.91. The minimum Gasteiger partial charge on any atom is -0.508 e. The average molecular weight is 429 g/mol. The molecular formula is C15H11BrClN3O5. The molecule has 25 heavy (non-hydrogen) atoms. The van der Waals surface area contributed by atoms with Crippen LogP contribution >= 0.6 is 27.5 Å². The van der Waals surface area contributed by atoms with Crippen LogP contribution in [0.15, 0.2) is 46.0 Å². The Morgan fingerprint density at radius 2 is 2.16 bits per heavy atom. The highest BCUT2D eigenvalue weighted by molar-refractivity contribution is 9.10. The van der Waals surface area contributed by atoms with Crippen LogP contribution in [0.25, 0.3) is 0 Å². The Kier molecular flexibility index (Phi) is 6.31. The minimum absolute atomic E-state index is 0.0478. The summed E-state index contributed by atoms with van der Waals surface area (Å²) in [6.07, 6.45) is 1.06. The van der Waals surface area contributed by atoms with E-state index in [4.69, 9.17) is 16.3 Å².